The van der Waals surface area contributed by atoms with Gasteiger partial charge in [-0.2, -0.15) is 0 Å². The van der Waals surface area contributed by atoms with Gasteiger partial charge in [-0.1, -0.05) is 35.9 Å². The summed E-state index contributed by atoms with van der Waals surface area (Å²) in [5, 5.41) is 10.5. The summed E-state index contributed by atoms with van der Waals surface area (Å²) >= 11 is 6.55. The summed E-state index contributed by atoms with van der Waals surface area (Å²) in [6.45, 7) is 12.8. The number of benzene rings is 1. The van der Waals surface area contributed by atoms with Gasteiger partial charge in [0.25, 0.3) is 5.91 Å². The number of likely N-dealkylation sites (tertiary alicyclic amines) is 1. The fourth-order valence-electron chi connectivity index (χ4n) is 6.43. The number of aliphatic hydroxyl groups is 1. The molecule has 2 unspecified atom stereocenters. The largest absolute Gasteiger partial charge is 0.465 e. The number of anilines is 1. The average molecular weight is 531 g/mol. The van der Waals surface area contributed by atoms with Gasteiger partial charge >= 0.3 is 5.97 Å². The van der Waals surface area contributed by atoms with Gasteiger partial charge in [-0.25, -0.2) is 0 Å². The van der Waals surface area contributed by atoms with Gasteiger partial charge in [-0.15, -0.1) is 13.2 Å². The first-order chi connectivity index (χ1) is 17.6. The molecule has 4 rings (SSSR count). The van der Waals surface area contributed by atoms with E-state index < -0.39 is 47.0 Å². The predicted molar refractivity (Wildman–Crippen MR) is 140 cm³/mol. The van der Waals surface area contributed by atoms with Crippen molar-refractivity contribution in [1.29, 1.82) is 0 Å². The van der Waals surface area contributed by atoms with Gasteiger partial charge in [0.05, 0.1) is 41.5 Å². The molecule has 1 aromatic carbocycles. The van der Waals surface area contributed by atoms with Crippen LogP contribution in [0.4, 0.5) is 5.69 Å². The molecule has 0 radical (unpaired) electrons. The van der Waals surface area contributed by atoms with E-state index in [9.17, 15) is 19.5 Å². The van der Waals surface area contributed by atoms with Crippen LogP contribution in [-0.4, -0.2) is 70.8 Å². The van der Waals surface area contributed by atoms with Crippen LogP contribution in [0.5, 0.6) is 0 Å². The van der Waals surface area contributed by atoms with Crippen LogP contribution in [0.25, 0.3) is 0 Å². The Hall–Kier alpha value is -2.68. The van der Waals surface area contributed by atoms with Crippen molar-refractivity contribution in [2.45, 2.75) is 63.3 Å². The number of nitrogens with zero attached hydrogens (tertiary/aromatic N) is 2. The molecular formula is C28H35ClN2O6. The molecule has 3 aliphatic rings. The number of carbonyl (C=O) groups is 3. The van der Waals surface area contributed by atoms with Gasteiger partial charge in [-0.05, 0) is 51.7 Å². The third kappa shape index (κ3) is 4.19. The zero-order chi connectivity index (χ0) is 27.1. The zero-order valence-electron chi connectivity index (χ0n) is 21.6. The minimum absolute atomic E-state index is 0.153. The predicted octanol–water partition coefficient (Wildman–Crippen LogP) is 3.43. The lowest BCUT2D eigenvalue weighted by Crippen LogP contribution is -2.58. The summed E-state index contributed by atoms with van der Waals surface area (Å²) in [6.07, 6.45) is 4.65. The molecule has 2 amide bonds. The van der Waals surface area contributed by atoms with Crippen molar-refractivity contribution in [3.05, 3.63) is 54.1 Å². The van der Waals surface area contributed by atoms with Gasteiger partial charge in [0.15, 0.2) is 0 Å². The standard InChI is InChI=1S/C28H35ClN2O6/c1-6-8-15-36-26(35)21-20-24(33)31(18(4)16-32)23(28(20)13-12-27(21,5)37-28)25(34)30(14-7-2)22-17(3)10-9-11-19(22)29/h6-7,9-11,18,20-21,23,32H,1-2,8,12-16H2,3-5H3/t18-,20+,21+,23?,27-,28?/m1/s1. The van der Waals surface area contributed by atoms with Gasteiger partial charge in [0.1, 0.15) is 17.6 Å². The molecule has 3 saturated heterocycles. The van der Waals surface area contributed by atoms with Crippen molar-refractivity contribution in [2.24, 2.45) is 11.8 Å². The van der Waals surface area contributed by atoms with Crippen LogP contribution >= 0.6 is 11.6 Å². The molecule has 200 valence electrons. The maximum Gasteiger partial charge on any atom is 0.312 e. The van der Waals surface area contributed by atoms with E-state index in [0.717, 1.165) is 5.56 Å². The summed E-state index contributed by atoms with van der Waals surface area (Å²) in [6, 6.07) is 3.63. The second-order valence-electron chi connectivity index (χ2n) is 10.4. The van der Waals surface area contributed by atoms with Crippen molar-refractivity contribution in [1.82, 2.24) is 4.90 Å². The Morgan fingerprint density at radius 3 is 2.70 bits per heavy atom. The highest BCUT2D eigenvalue weighted by atomic mass is 35.5. The fraction of sp³-hybridized carbons (Fsp3) is 0.536. The van der Waals surface area contributed by atoms with Crippen LogP contribution in [0.1, 0.15) is 38.7 Å². The number of carbonyl (C=O) groups excluding carboxylic acids is 3. The van der Waals surface area contributed by atoms with Crippen molar-refractivity contribution in [3.8, 4) is 0 Å². The number of esters is 1. The first kappa shape index (κ1) is 27.4. The van der Waals surface area contributed by atoms with Crippen molar-refractivity contribution < 1.29 is 29.0 Å². The van der Waals surface area contributed by atoms with Crippen LogP contribution in [0.3, 0.4) is 0 Å². The minimum atomic E-state index is -1.23. The van der Waals surface area contributed by atoms with E-state index in [1.165, 1.54) is 9.80 Å². The topological polar surface area (TPSA) is 96.4 Å². The Labute approximate surface area is 222 Å². The summed E-state index contributed by atoms with van der Waals surface area (Å²) < 4.78 is 12.1. The van der Waals surface area contributed by atoms with Gasteiger partial charge in [-0.3, -0.25) is 14.4 Å². The van der Waals surface area contributed by atoms with E-state index >= 15 is 0 Å². The van der Waals surface area contributed by atoms with E-state index in [-0.39, 0.29) is 25.7 Å². The lowest BCUT2D eigenvalue weighted by molar-refractivity contribution is -0.160. The molecule has 0 saturated carbocycles. The van der Waals surface area contributed by atoms with E-state index in [1.807, 2.05) is 19.9 Å². The highest BCUT2D eigenvalue weighted by molar-refractivity contribution is 6.34. The van der Waals surface area contributed by atoms with Crippen molar-refractivity contribution in [2.75, 3.05) is 24.7 Å². The molecule has 8 nitrogen and oxygen atoms in total. The number of para-hydroxylation sites is 1. The number of hydrogen-bond acceptors (Lipinski definition) is 6. The van der Waals surface area contributed by atoms with E-state index in [2.05, 4.69) is 13.2 Å². The number of fused-ring (bicyclic) bond motifs is 1. The highest BCUT2D eigenvalue weighted by Crippen LogP contribution is 2.63. The van der Waals surface area contributed by atoms with Crippen LogP contribution < -0.4 is 4.90 Å². The summed E-state index contributed by atoms with van der Waals surface area (Å²) in [7, 11) is 0. The number of aryl methyl sites for hydroxylation is 1. The molecule has 0 aliphatic carbocycles. The monoisotopic (exact) mass is 530 g/mol. The number of aliphatic hydroxyl groups excluding tert-OH is 1. The van der Waals surface area contributed by atoms with E-state index in [0.29, 0.717) is 30.0 Å². The number of hydrogen-bond donors (Lipinski definition) is 1. The number of ether oxygens (including phenoxy) is 2. The van der Waals surface area contributed by atoms with Crippen molar-refractivity contribution >= 4 is 35.1 Å². The van der Waals surface area contributed by atoms with Gasteiger partial charge in [0.2, 0.25) is 5.91 Å². The smallest absolute Gasteiger partial charge is 0.312 e. The summed E-state index contributed by atoms with van der Waals surface area (Å²) in [5.74, 6) is -3.05. The quantitative estimate of drug-likeness (QED) is 0.283. The second-order valence-corrected chi connectivity index (χ2v) is 10.8. The molecule has 3 fully saturated rings. The average Bonchev–Trinajstić information content (AvgIpc) is 3.43. The zero-order valence-corrected chi connectivity index (χ0v) is 22.4. The van der Waals surface area contributed by atoms with Gasteiger partial charge in [0, 0.05) is 6.54 Å². The van der Waals surface area contributed by atoms with Gasteiger partial charge < -0.3 is 24.4 Å². The molecule has 3 heterocycles. The van der Waals surface area contributed by atoms with Crippen LogP contribution in [-0.2, 0) is 23.9 Å². The molecule has 6 atom stereocenters. The molecule has 1 N–H and O–H groups in total. The number of halogens is 1. The molecule has 1 spiro atoms. The summed E-state index contributed by atoms with van der Waals surface area (Å²) in [5.41, 5.74) is -0.863. The van der Waals surface area contributed by atoms with Crippen LogP contribution in [0.2, 0.25) is 5.02 Å². The molecule has 3 aliphatic heterocycles. The maximum atomic E-state index is 14.5. The van der Waals surface area contributed by atoms with E-state index in [1.54, 1.807) is 31.2 Å². The highest BCUT2D eigenvalue weighted by Gasteiger charge is 2.79. The van der Waals surface area contributed by atoms with E-state index in [4.69, 9.17) is 21.1 Å². The normalized spacial score (nSPS) is 30.7. The number of rotatable bonds is 10. The molecule has 37 heavy (non-hydrogen) atoms. The Bertz CT molecular complexity index is 1100. The van der Waals surface area contributed by atoms with Crippen LogP contribution in [0, 0.1) is 18.8 Å². The first-order valence-corrected chi connectivity index (χ1v) is 13.0. The Kier molecular flexibility index (Phi) is 7.57. The third-order valence-corrected chi connectivity index (χ3v) is 8.35. The molecule has 2 bridgehead atoms. The number of amides is 2. The molecular weight excluding hydrogens is 496 g/mol. The maximum absolute atomic E-state index is 14.5. The Morgan fingerprint density at radius 1 is 1.35 bits per heavy atom. The second kappa shape index (κ2) is 10.2. The third-order valence-electron chi connectivity index (χ3n) is 8.04. The molecule has 1 aromatic rings. The summed E-state index contributed by atoms with van der Waals surface area (Å²) in [4.78, 5) is 44.7. The Morgan fingerprint density at radius 2 is 2.08 bits per heavy atom. The minimum Gasteiger partial charge on any atom is -0.465 e. The van der Waals surface area contributed by atoms with Crippen LogP contribution in [0.15, 0.2) is 43.5 Å². The lowest BCUT2D eigenvalue weighted by Gasteiger charge is -2.39. The van der Waals surface area contributed by atoms with Crippen molar-refractivity contribution in [3.63, 3.8) is 0 Å². The SMILES string of the molecule is C=CCCOC(=O)[C@@H]1[C@H]2C(=O)N([C@H](C)CO)C(C(=O)N(CC=C)c3c(C)cccc3Cl)C23CC[C@@]1(C)O3. The molecule has 0 aromatic heterocycles. The fourth-order valence-corrected chi connectivity index (χ4v) is 6.75. The molecule has 9 heteroatoms. The lowest BCUT2D eigenvalue weighted by atomic mass is 9.66. The first-order valence-electron chi connectivity index (χ1n) is 12.7. The Balaban J connectivity index is 1.81.